The third-order valence-corrected chi connectivity index (χ3v) is 8.58. The van der Waals surface area contributed by atoms with Crippen LogP contribution in [-0.4, -0.2) is 19.8 Å². The van der Waals surface area contributed by atoms with E-state index < -0.39 is 8.32 Å². The summed E-state index contributed by atoms with van der Waals surface area (Å²) in [7, 11) is -1.69. The number of hydrogen-bond acceptors (Lipinski definition) is 1. The Kier molecular flexibility index (Phi) is 5.97. The summed E-state index contributed by atoms with van der Waals surface area (Å²) in [6, 6.07) is 0. The second kappa shape index (κ2) is 5.83. The summed E-state index contributed by atoms with van der Waals surface area (Å²) in [6.07, 6.45) is 0.181. The predicted molar refractivity (Wildman–Crippen MR) is 79.8 cm³/mol. The Morgan fingerprint density at radius 1 is 1.31 bits per heavy atom. The van der Waals surface area contributed by atoms with Crippen molar-refractivity contribution in [1.82, 2.24) is 0 Å². The molecular weight excluding hydrogens is 280 g/mol. The number of alkyl halides is 1. The summed E-state index contributed by atoms with van der Waals surface area (Å²) in [6.45, 7) is 19.9. The van der Waals surface area contributed by atoms with E-state index in [4.69, 9.17) is 4.43 Å². The van der Waals surface area contributed by atoms with Gasteiger partial charge in [0.25, 0.3) is 0 Å². The maximum absolute atomic E-state index is 6.43. The quantitative estimate of drug-likeness (QED) is 0.395. The van der Waals surface area contributed by atoms with E-state index in [1.807, 2.05) is 0 Å². The second-order valence-electron chi connectivity index (χ2n) is 6.33. The highest BCUT2D eigenvalue weighted by atomic mass is 79.9. The van der Waals surface area contributed by atoms with E-state index in [9.17, 15) is 0 Å². The normalized spacial score (nSPS) is 15.3. The van der Waals surface area contributed by atoms with Crippen LogP contribution in [0.2, 0.25) is 18.1 Å². The fourth-order valence-electron chi connectivity index (χ4n) is 1.26. The van der Waals surface area contributed by atoms with Gasteiger partial charge >= 0.3 is 0 Å². The first-order valence-electron chi connectivity index (χ1n) is 5.94. The molecule has 0 aromatic rings. The lowest BCUT2D eigenvalue weighted by atomic mass is 10.0. The lowest BCUT2D eigenvalue weighted by Gasteiger charge is -2.41. The molecule has 1 atom stereocenters. The Hall–Kier alpha value is 0.397. The Morgan fingerprint density at radius 3 is 2.00 bits per heavy atom. The van der Waals surface area contributed by atoms with E-state index >= 15 is 0 Å². The van der Waals surface area contributed by atoms with Crippen LogP contribution in [0.4, 0.5) is 0 Å². The van der Waals surface area contributed by atoms with Gasteiger partial charge in [0, 0.05) is 5.33 Å². The summed E-state index contributed by atoms with van der Waals surface area (Å²) in [5.74, 6) is 0.485. The van der Waals surface area contributed by atoms with Crippen LogP contribution in [0.1, 0.15) is 34.6 Å². The molecule has 0 N–H and O–H groups in total. The molecule has 1 nitrogen and oxygen atoms in total. The van der Waals surface area contributed by atoms with Gasteiger partial charge in [-0.05, 0) is 29.6 Å². The first-order valence-corrected chi connectivity index (χ1v) is 9.97. The molecule has 0 aromatic carbocycles. The zero-order chi connectivity index (χ0) is 13.1. The van der Waals surface area contributed by atoms with Crippen molar-refractivity contribution in [2.75, 3.05) is 5.33 Å². The van der Waals surface area contributed by atoms with Gasteiger partial charge in [0.15, 0.2) is 8.32 Å². The van der Waals surface area contributed by atoms with E-state index in [0.717, 1.165) is 10.9 Å². The minimum absolute atomic E-state index is 0.181. The largest absolute Gasteiger partial charge is 0.410 e. The molecule has 0 aliphatic heterocycles. The average Bonchev–Trinajstić information content (AvgIpc) is 2.10. The number of hydrogen-bond donors (Lipinski definition) is 0. The topological polar surface area (TPSA) is 9.23 Å². The van der Waals surface area contributed by atoms with Gasteiger partial charge in [-0.1, -0.05) is 57.1 Å². The molecule has 0 fully saturated rings. The van der Waals surface area contributed by atoms with Crippen molar-refractivity contribution in [3.8, 4) is 0 Å². The van der Waals surface area contributed by atoms with Gasteiger partial charge < -0.3 is 4.43 Å². The summed E-state index contributed by atoms with van der Waals surface area (Å²) in [5, 5.41) is 1.08. The van der Waals surface area contributed by atoms with Crippen LogP contribution in [-0.2, 0) is 4.43 Å². The van der Waals surface area contributed by atoms with Crippen LogP contribution in [0.25, 0.3) is 0 Å². The van der Waals surface area contributed by atoms with E-state index in [1.54, 1.807) is 0 Å². The van der Waals surface area contributed by atoms with Crippen LogP contribution < -0.4 is 0 Å². The summed E-state index contributed by atoms with van der Waals surface area (Å²) in [5.41, 5.74) is 1.15. The Labute approximate surface area is 111 Å². The lowest BCUT2D eigenvalue weighted by Crippen LogP contribution is -2.45. The van der Waals surface area contributed by atoms with E-state index in [1.165, 1.54) is 0 Å². The summed E-state index contributed by atoms with van der Waals surface area (Å²) < 4.78 is 6.43. The first kappa shape index (κ1) is 16.4. The minimum Gasteiger partial charge on any atom is -0.410 e. The van der Waals surface area contributed by atoms with Crippen LogP contribution >= 0.6 is 15.9 Å². The van der Waals surface area contributed by atoms with E-state index in [-0.39, 0.29) is 11.1 Å². The molecule has 0 saturated heterocycles. The molecule has 96 valence electrons. The SMILES string of the molecule is C=C(CBr)[C@H](O[Si](C)(C)C(C)(C)C)C(C)C. The molecule has 0 rings (SSSR count). The third kappa shape index (κ3) is 4.34. The summed E-state index contributed by atoms with van der Waals surface area (Å²) in [4.78, 5) is 0. The Morgan fingerprint density at radius 2 is 1.75 bits per heavy atom. The molecule has 0 amide bonds. The van der Waals surface area contributed by atoms with Crippen LogP contribution in [0, 0.1) is 5.92 Å². The molecule has 0 unspecified atom stereocenters. The van der Waals surface area contributed by atoms with Crippen molar-refractivity contribution in [3.05, 3.63) is 12.2 Å². The van der Waals surface area contributed by atoms with Gasteiger partial charge in [0.1, 0.15) is 0 Å². The third-order valence-electron chi connectivity index (χ3n) is 3.41. The molecular formula is C13H27BrOSi. The maximum Gasteiger partial charge on any atom is 0.192 e. The molecule has 0 spiro atoms. The van der Waals surface area contributed by atoms with Crippen LogP contribution in [0.3, 0.4) is 0 Å². The predicted octanol–water partition coefficient (Wildman–Crippen LogP) is 4.98. The van der Waals surface area contributed by atoms with Crippen LogP contribution in [0.15, 0.2) is 12.2 Å². The molecule has 0 saturated carbocycles. The van der Waals surface area contributed by atoms with Gasteiger partial charge in [-0.2, -0.15) is 0 Å². The van der Waals surface area contributed by atoms with Gasteiger partial charge in [-0.15, -0.1) is 0 Å². The van der Waals surface area contributed by atoms with Crippen molar-refractivity contribution in [1.29, 1.82) is 0 Å². The van der Waals surface area contributed by atoms with Crippen molar-refractivity contribution in [2.45, 2.75) is 58.9 Å². The summed E-state index contributed by atoms with van der Waals surface area (Å²) >= 11 is 3.48. The van der Waals surface area contributed by atoms with Gasteiger partial charge in [0.05, 0.1) is 6.10 Å². The smallest absolute Gasteiger partial charge is 0.192 e. The van der Waals surface area contributed by atoms with Gasteiger partial charge in [0.2, 0.25) is 0 Å². The first-order chi connectivity index (χ1) is 7.03. The molecule has 0 radical (unpaired) electrons. The molecule has 0 aliphatic rings. The van der Waals surface area contributed by atoms with Crippen LogP contribution in [0.5, 0.6) is 0 Å². The van der Waals surface area contributed by atoms with Gasteiger partial charge in [-0.25, -0.2) is 0 Å². The highest BCUT2D eigenvalue weighted by Gasteiger charge is 2.40. The molecule has 0 aliphatic carbocycles. The molecule has 0 heterocycles. The fourth-order valence-corrected chi connectivity index (χ4v) is 3.01. The Balaban J connectivity index is 4.83. The van der Waals surface area contributed by atoms with Crippen molar-refractivity contribution >= 4 is 24.2 Å². The second-order valence-corrected chi connectivity index (χ2v) is 11.7. The molecule has 3 heteroatoms. The molecule has 0 aromatic heterocycles. The highest BCUT2D eigenvalue weighted by molar-refractivity contribution is 9.09. The van der Waals surface area contributed by atoms with Crippen molar-refractivity contribution in [3.63, 3.8) is 0 Å². The highest BCUT2D eigenvalue weighted by Crippen LogP contribution is 2.39. The zero-order valence-electron chi connectivity index (χ0n) is 11.9. The maximum atomic E-state index is 6.43. The minimum atomic E-state index is -1.69. The number of halogens is 1. The van der Waals surface area contributed by atoms with Gasteiger partial charge in [-0.3, -0.25) is 0 Å². The monoisotopic (exact) mass is 306 g/mol. The van der Waals surface area contributed by atoms with Crippen molar-refractivity contribution < 1.29 is 4.43 Å². The lowest BCUT2D eigenvalue weighted by molar-refractivity contribution is 0.167. The molecule has 0 bridgehead atoms. The average molecular weight is 307 g/mol. The van der Waals surface area contributed by atoms with E-state index in [0.29, 0.717) is 5.92 Å². The zero-order valence-corrected chi connectivity index (χ0v) is 14.4. The van der Waals surface area contributed by atoms with Crippen molar-refractivity contribution in [2.24, 2.45) is 5.92 Å². The number of rotatable bonds is 5. The molecule has 16 heavy (non-hydrogen) atoms. The fraction of sp³-hybridized carbons (Fsp3) is 0.846. The standard InChI is InChI=1S/C13H27BrOSi/c1-10(2)12(11(3)9-14)15-16(7,8)13(4,5)6/h10,12H,3,9H2,1-2,4-8H3/t12-/m1/s1. The Bertz CT molecular complexity index is 241. The van der Waals surface area contributed by atoms with E-state index in [2.05, 4.69) is 70.2 Å².